The molecule has 1 heterocycles. The molecule has 2 fully saturated rings. The highest BCUT2D eigenvalue weighted by Gasteiger charge is 2.35. The largest absolute Gasteiger partial charge is 0.346 e. The number of carbonyl (C=O) groups is 2. The van der Waals surface area contributed by atoms with Crippen LogP contribution in [0.15, 0.2) is 0 Å². The van der Waals surface area contributed by atoms with Crippen molar-refractivity contribution in [3.63, 3.8) is 0 Å². The van der Waals surface area contributed by atoms with E-state index in [1.54, 1.807) is 0 Å². The average Bonchev–Trinajstić information content (AvgIpc) is 3.04. The van der Waals surface area contributed by atoms with Gasteiger partial charge in [0.15, 0.2) is 0 Å². The van der Waals surface area contributed by atoms with E-state index in [1.165, 1.54) is 25.7 Å². The van der Waals surface area contributed by atoms with E-state index in [4.69, 9.17) is 5.73 Å². The number of halogens is 1. The van der Waals surface area contributed by atoms with Gasteiger partial charge in [-0.05, 0) is 31.6 Å². The molecular weight excluding hydrogens is 266 g/mol. The van der Waals surface area contributed by atoms with Crippen molar-refractivity contribution in [3.05, 3.63) is 0 Å². The zero-order valence-electron chi connectivity index (χ0n) is 11.3. The predicted molar refractivity (Wildman–Crippen MR) is 76.0 cm³/mol. The van der Waals surface area contributed by atoms with Crippen molar-refractivity contribution in [1.82, 2.24) is 10.2 Å². The number of hydrogen-bond acceptors (Lipinski definition) is 3. The number of likely N-dealkylation sites (tertiary alicyclic amines) is 1. The number of amides is 2. The third-order valence-corrected chi connectivity index (χ3v) is 4.19. The highest BCUT2D eigenvalue weighted by atomic mass is 35.5. The highest BCUT2D eigenvalue weighted by molar-refractivity contribution is 5.86. The maximum atomic E-state index is 12.1. The van der Waals surface area contributed by atoms with Crippen molar-refractivity contribution in [2.45, 2.75) is 44.6 Å². The molecule has 19 heavy (non-hydrogen) atoms. The lowest BCUT2D eigenvalue weighted by atomic mass is 9.96. The van der Waals surface area contributed by atoms with Crippen LogP contribution >= 0.6 is 12.4 Å². The summed E-state index contributed by atoms with van der Waals surface area (Å²) >= 11 is 0. The second-order valence-corrected chi connectivity index (χ2v) is 5.32. The first kappa shape index (κ1) is 16.2. The lowest BCUT2D eigenvalue weighted by molar-refractivity contribution is -0.134. The van der Waals surface area contributed by atoms with Crippen LogP contribution in [0.5, 0.6) is 0 Å². The summed E-state index contributed by atoms with van der Waals surface area (Å²) in [5.41, 5.74) is 5.20. The molecule has 0 aromatic heterocycles. The normalized spacial score (nSPS) is 23.2. The summed E-state index contributed by atoms with van der Waals surface area (Å²) in [4.78, 5) is 25.1. The van der Waals surface area contributed by atoms with Gasteiger partial charge in [0, 0.05) is 12.6 Å². The molecule has 2 rings (SSSR count). The first-order valence-corrected chi connectivity index (χ1v) is 6.98. The van der Waals surface area contributed by atoms with Crippen LogP contribution in [0.1, 0.15) is 38.5 Å². The van der Waals surface area contributed by atoms with Gasteiger partial charge in [-0.3, -0.25) is 9.59 Å². The molecule has 0 aromatic rings. The Hall–Kier alpha value is -0.810. The predicted octanol–water partition coefficient (Wildman–Crippen LogP) is 0.664. The fourth-order valence-electron chi connectivity index (χ4n) is 3.28. The molecule has 3 N–H and O–H groups in total. The van der Waals surface area contributed by atoms with E-state index in [1.807, 2.05) is 4.90 Å². The van der Waals surface area contributed by atoms with Crippen LogP contribution in [0.2, 0.25) is 0 Å². The number of carbonyl (C=O) groups excluding carboxylic acids is 2. The van der Waals surface area contributed by atoms with Crippen LogP contribution in [0.3, 0.4) is 0 Å². The molecule has 1 aliphatic heterocycles. The Morgan fingerprint density at radius 1 is 1.16 bits per heavy atom. The molecule has 1 aliphatic carbocycles. The second kappa shape index (κ2) is 7.70. The standard InChI is InChI=1S/C13H23N3O2.ClH/c14-8-12(17)15-9-13(18)16-7-3-6-11(16)10-4-1-2-5-10;/h10-11H,1-9,14H2,(H,15,17);1H. The molecule has 0 spiro atoms. The summed E-state index contributed by atoms with van der Waals surface area (Å²) in [5.74, 6) is 0.466. The minimum absolute atomic E-state index is 0. The van der Waals surface area contributed by atoms with Gasteiger partial charge in [-0.15, -0.1) is 12.4 Å². The molecule has 1 atom stereocenters. The molecule has 2 amide bonds. The molecule has 0 aromatic carbocycles. The van der Waals surface area contributed by atoms with Crippen molar-refractivity contribution in [3.8, 4) is 0 Å². The third kappa shape index (κ3) is 4.08. The highest BCUT2D eigenvalue weighted by Crippen LogP contribution is 2.35. The monoisotopic (exact) mass is 289 g/mol. The summed E-state index contributed by atoms with van der Waals surface area (Å²) in [5, 5.41) is 2.56. The Morgan fingerprint density at radius 3 is 2.47 bits per heavy atom. The smallest absolute Gasteiger partial charge is 0.242 e. The Kier molecular flexibility index (Phi) is 6.58. The van der Waals surface area contributed by atoms with Gasteiger partial charge in [-0.2, -0.15) is 0 Å². The van der Waals surface area contributed by atoms with E-state index in [9.17, 15) is 9.59 Å². The van der Waals surface area contributed by atoms with Crippen molar-refractivity contribution in [2.75, 3.05) is 19.6 Å². The van der Waals surface area contributed by atoms with Crippen LogP contribution in [0, 0.1) is 5.92 Å². The van der Waals surface area contributed by atoms with E-state index in [2.05, 4.69) is 5.32 Å². The molecular formula is C13H24ClN3O2. The SMILES string of the molecule is Cl.NCC(=O)NCC(=O)N1CCCC1C1CCCC1. The molecule has 6 heteroatoms. The molecule has 5 nitrogen and oxygen atoms in total. The fraction of sp³-hybridized carbons (Fsp3) is 0.846. The molecule has 0 radical (unpaired) electrons. The van der Waals surface area contributed by atoms with Gasteiger partial charge in [0.25, 0.3) is 0 Å². The molecule has 1 unspecified atom stereocenters. The third-order valence-electron chi connectivity index (χ3n) is 4.19. The van der Waals surface area contributed by atoms with Gasteiger partial charge in [-0.25, -0.2) is 0 Å². The quantitative estimate of drug-likeness (QED) is 0.798. The van der Waals surface area contributed by atoms with Gasteiger partial charge in [0.2, 0.25) is 11.8 Å². The summed E-state index contributed by atoms with van der Waals surface area (Å²) in [6.07, 6.45) is 7.33. The second-order valence-electron chi connectivity index (χ2n) is 5.32. The average molecular weight is 290 g/mol. The van der Waals surface area contributed by atoms with Crippen LogP contribution < -0.4 is 11.1 Å². The van der Waals surface area contributed by atoms with Crippen molar-refractivity contribution in [2.24, 2.45) is 11.7 Å². The summed E-state index contributed by atoms with van der Waals surface area (Å²) < 4.78 is 0. The fourth-order valence-corrected chi connectivity index (χ4v) is 3.28. The van der Waals surface area contributed by atoms with E-state index < -0.39 is 0 Å². The maximum Gasteiger partial charge on any atom is 0.242 e. The van der Waals surface area contributed by atoms with Gasteiger partial charge < -0.3 is 16.0 Å². The van der Waals surface area contributed by atoms with E-state index in [-0.39, 0.29) is 37.3 Å². The molecule has 1 saturated heterocycles. The minimum Gasteiger partial charge on any atom is -0.346 e. The van der Waals surface area contributed by atoms with Crippen molar-refractivity contribution in [1.29, 1.82) is 0 Å². The number of hydrogen-bond donors (Lipinski definition) is 2. The number of nitrogens with two attached hydrogens (primary N) is 1. The number of nitrogens with zero attached hydrogens (tertiary/aromatic N) is 1. The van der Waals surface area contributed by atoms with Crippen LogP contribution in [-0.4, -0.2) is 42.4 Å². The van der Waals surface area contributed by atoms with Crippen LogP contribution in [-0.2, 0) is 9.59 Å². The van der Waals surface area contributed by atoms with Crippen molar-refractivity contribution < 1.29 is 9.59 Å². The maximum absolute atomic E-state index is 12.1. The van der Waals surface area contributed by atoms with E-state index >= 15 is 0 Å². The summed E-state index contributed by atoms with van der Waals surface area (Å²) in [6, 6.07) is 0.412. The Morgan fingerprint density at radius 2 is 1.84 bits per heavy atom. The number of rotatable bonds is 4. The van der Waals surface area contributed by atoms with Gasteiger partial charge >= 0.3 is 0 Å². The van der Waals surface area contributed by atoms with E-state index in [0.717, 1.165) is 19.4 Å². The molecule has 110 valence electrons. The van der Waals surface area contributed by atoms with Crippen molar-refractivity contribution >= 4 is 24.2 Å². The Bertz CT molecular complexity index is 319. The summed E-state index contributed by atoms with van der Waals surface area (Å²) in [6.45, 7) is 0.886. The Labute approximate surface area is 120 Å². The minimum atomic E-state index is -0.264. The van der Waals surface area contributed by atoms with Gasteiger partial charge in [0.05, 0.1) is 13.1 Å². The summed E-state index contributed by atoms with van der Waals surface area (Å²) in [7, 11) is 0. The first-order valence-electron chi connectivity index (χ1n) is 6.98. The van der Waals surface area contributed by atoms with Gasteiger partial charge in [0.1, 0.15) is 0 Å². The topological polar surface area (TPSA) is 75.4 Å². The molecule has 1 saturated carbocycles. The first-order chi connectivity index (χ1) is 8.72. The van der Waals surface area contributed by atoms with E-state index in [0.29, 0.717) is 12.0 Å². The zero-order valence-corrected chi connectivity index (χ0v) is 12.1. The van der Waals surface area contributed by atoms with Crippen LogP contribution in [0.25, 0.3) is 0 Å². The van der Waals surface area contributed by atoms with Crippen LogP contribution in [0.4, 0.5) is 0 Å². The van der Waals surface area contributed by atoms with Gasteiger partial charge in [-0.1, -0.05) is 12.8 Å². The lowest BCUT2D eigenvalue weighted by Crippen LogP contribution is -2.45. The lowest BCUT2D eigenvalue weighted by Gasteiger charge is -2.29. The molecule has 2 aliphatic rings. The molecule has 0 bridgehead atoms. The number of nitrogens with one attached hydrogen (secondary N) is 1. The zero-order chi connectivity index (χ0) is 13.0. The Balaban J connectivity index is 0.00000180.